The number of nitrogens with one attached hydrogen (secondary N) is 2. The molecule has 0 unspecified atom stereocenters. The Morgan fingerprint density at radius 1 is 1.13 bits per heavy atom. The molecule has 1 heterocycles. The van der Waals surface area contributed by atoms with E-state index in [0.29, 0.717) is 12.3 Å². The highest BCUT2D eigenvalue weighted by molar-refractivity contribution is 7.99. The summed E-state index contributed by atoms with van der Waals surface area (Å²) < 4.78 is 24.7. The Bertz CT molecular complexity index is 1020. The van der Waals surface area contributed by atoms with Gasteiger partial charge in [-0.3, -0.25) is 10.1 Å². The van der Waals surface area contributed by atoms with Gasteiger partial charge in [0.1, 0.15) is 0 Å². The number of hydrogen-bond donors (Lipinski definition) is 2. The molecule has 3 aromatic rings. The first-order valence-electron chi connectivity index (χ1n) is 9.50. The molecule has 8 nitrogen and oxygen atoms in total. The van der Waals surface area contributed by atoms with Crippen molar-refractivity contribution in [2.24, 2.45) is 0 Å². The fourth-order valence-corrected chi connectivity index (χ4v) is 3.17. The van der Waals surface area contributed by atoms with Gasteiger partial charge in [0.15, 0.2) is 17.7 Å². The molecule has 31 heavy (non-hydrogen) atoms. The summed E-state index contributed by atoms with van der Waals surface area (Å²) in [5.41, 5.74) is 0.932. The summed E-state index contributed by atoms with van der Waals surface area (Å²) in [5, 5.41) is 12.9. The zero-order valence-corrected chi connectivity index (χ0v) is 17.5. The van der Waals surface area contributed by atoms with Crippen LogP contribution in [0.3, 0.4) is 0 Å². The van der Waals surface area contributed by atoms with Crippen LogP contribution in [0, 0.1) is 5.82 Å². The van der Waals surface area contributed by atoms with Crippen molar-refractivity contribution in [3.05, 3.63) is 71.9 Å². The molecule has 1 atom stereocenters. The number of para-hydroxylation sites is 1. The number of nitrogens with zero attached hydrogens (tertiary/aromatic N) is 2. The van der Waals surface area contributed by atoms with Crippen molar-refractivity contribution >= 4 is 23.7 Å². The molecule has 0 bridgehead atoms. The minimum absolute atomic E-state index is 0.0857. The van der Waals surface area contributed by atoms with Crippen LogP contribution < -0.4 is 15.4 Å². The van der Waals surface area contributed by atoms with Crippen LogP contribution in [0.15, 0.2) is 64.2 Å². The number of ether oxygens (including phenoxy) is 1. The van der Waals surface area contributed by atoms with E-state index < -0.39 is 23.9 Å². The number of rotatable bonds is 9. The summed E-state index contributed by atoms with van der Waals surface area (Å²) in [4.78, 5) is 23.7. The van der Waals surface area contributed by atoms with E-state index in [1.807, 2.05) is 30.3 Å². The molecule has 0 aliphatic rings. The van der Waals surface area contributed by atoms with Crippen LogP contribution in [0.2, 0.25) is 0 Å². The lowest BCUT2D eigenvalue weighted by Gasteiger charge is -2.11. The van der Waals surface area contributed by atoms with Crippen molar-refractivity contribution in [3.8, 4) is 5.75 Å². The van der Waals surface area contributed by atoms with Crippen molar-refractivity contribution in [2.45, 2.75) is 31.2 Å². The number of aromatic nitrogens is 2. The molecule has 2 aromatic carbocycles. The molecule has 0 aliphatic heterocycles. The summed E-state index contributed by atoms with van der Waals surface area (Å²) in [5.74, 6) is -0.293. The van der Waals surface area contributed by atoms with Gasteiger partial charge in [0.2, 0.25) is 5.91 Å². The predicted octanol–water partition coefficient (Wildman–Crippen LogP) is 3.86. The highest BCUT2D eigenvalue weighted by Gasteiger charge is 2.18. The molecule has 3 rings (SSSR count). The number of halogens is 1. The monoisotopic (exact) mass is 444 g/mol. The molecule has 2 N–H and O–H groups in total. The van der Waals surface area contributed by atoms with Crippen molar-refractivity contribution in [1.29, 1.82) is 0 Å². The largest absolute Gasteiger partial charge is 0.478 e. The number of imide groups is 1. The highest BCUT2D eigenvalue weighted by Crippen LogP contribution is 2.25. The molecule has 0 radical (unpaired) electrons. The predicted molar refractivity (Wildman–Crippen MR) is 112 cm³/mol. The Labute approximate surface area is 182 Å². The number of carbonyl (C=O) groups excluding carboxylic acids is 2. The quantitative estimate of drug-likeness (QED) is 0.483. The maximum absolute atomic E-state index is 13.7. The Morgan fingerprint density at radius 2 is 1.87 bits per heavy atom. The first-order valence-corrected chi connectivity index (χ1v) is 10.5. The van der Waals surface area contributed by atoms with E-state index in [9.17, 15) is 14.0 Å². The van der Waals surface area contributed by atoms with E-state index in [1.165, 1.54) is 23.9 Å². The van der Waals surface area contributed by atoms with Gasteiger partial charge >= 0.3 is 6.03 Å². The molecule has 162 valence electrons. The van der Waals surface area contributed by atoms with E-state index in [-0.39, 0.29) is 23.3 Å². The smallest absolute Gasteiger partial charge is 0.321 e. The summed E-state index contributed by atoms with van der Waals surface area (Å²) in [6.07, 6.45) is -0.557. The van der Waals surface area contributed by atoms with Crippen molar-refractivity contribution in [2.75, 3.05) is 5.75 Å². The Kier molecular flexibility index (Phi) is 7.99. The van der Waals surface area contributed by atoms with Crippen molar-refractivity contribution in [1.82, 2.24) is 20.8 Å². The molecule has 0 fully saturated rings. The topological polar surface area (TPSA) is 106 Å². The zero-order chi connectivity index (χ0) is 22.1. The number of carbonyl (C=O) groups is 2. The van der Waals surface area contributed by atoms with E-state index in [0.717, 1.165) is 5.56 Å². The van der Waals surface area contributed by atoms with Crippen LogP contribution in [-0.4, -0.2) is 27.9 Å². The van der Waals surface area contributed by atoms with Gasteiger partial charge in [-0.1, -0.05) is 54.2 Å². The van der Waals surface area contributed by atoms with Crippen LogP contribution in [0.25, 0.3) is 0 Å². The molecule has 10 heteroatoms. The Hall–Kier alpha value is -3.40. The van der Waals surface area contributed by atoms with E-state index in [2.05, 4.69) is 20.8 Å². The van der Waals surface area contributed by atoms with Gasteiger partial charge in [-0.05, 0) is 24.6 Å². The Morgan fingerprint density at radius 3 is 2.65 bits per heavy atom. The van der Waals surface area contributed by atoms with Gasteiger partial charge < -0.3 is 14.5 Å². The van der Waals surface area contributed by atoms with Crippen LogP contribution >= 0.6 is 11.8 Å². The number of thioether (sulfide) groups is 1. The maximum atomic E-state index is 13.7. The lowest BCUT2D eigenvalue weighted by atomic mass is 10.2. The minimum atomic E-state index is -0.643. The van der Waals surface area contributed by atoms with E-state index >= 15 is 0 Å². The van der Waals surface area contributed by atoms with Gasteiger partial charge in [-0.15, -0.1) is 10.2 Å². The molecule has 0 saturated carbocycles. The SMILES string of the molecule is C[C@@H](Oc1ccccc1F)c1nnc(SCCC(=O)NC(=O)NCc2ccccc2)o1. The third kappa shape index (κ3) is 7.10. The summed E-state index contributed by atoms with van der Waals surface area (Å²) >= 11 is 1.17. The zero-order valence-electron chi connectivity index (χ0n) is 16.7. The fraction of sp³-hybridized carbons (Fsp3) is 0.238. The molecular formula is C21H21FN4O4S. The van der Waals surface area contributed by atoms with Gasteiger partial charge in [-0.2, -0.15) is 0 Å². The average Bonchev–Trinajstić information content (AvgIpc) is 3.24. The standard InChI is InChI=1S/C21H21FN4O4S/c1-14(29-17-10-6-5-9-16(17)22)19-25-26-21(30-19)31-12-11-18(27)24-20(28)23-13-15-7-3-2-4-8-15/h2-10,14H,11-13H2,1H3,(H2,23,24,27,28)/t14-/m1/s1. The second-order valence-corrected chi connectivity index (χ2v) is 7.46. The lowest BCUT2D eigenvalue weighted by molar-refractivity contribution is -0.119. The first-order chi connectivity index (χ1) is 15.0. The molecule has 3 amide bonds. The third-order valence-electron chi connectivity index (χ3n) is 4.01. The van der Waals surface area contributed by atoms with Gasteiger partial charge in [0.25, 0.3) is 11.1 Å². The van der Waals surface area contributed by atoms with Crippen LogP contribution in [0.1, 0.15) is 30.9 Å². The summed E-state index contributed by atoms with van der Waals surface area (Å²) in [6.45, 7) is 1.99. The highest BCUT2D eigenvalue weighted by atomic mass is 32.2. The lowest BCUT2D eigenvalue weighted by Crippen LogP contribution is -2.39. The fourth-order valence-electron chi connectivity index (χ4n) is 2.47. The number of benzene rings is 2. The minimum Gasteiger partial charge on any atom is -0.478 e. The van der Waals surface area contributed by atoms with Crippen LogP contribution in [0.4, 0.5) is 9.18 Å². The number of hydrogen-bond acceptors (Lipinski definition) is 7. The second-order valence-electron chi connectivity index (χ2n) is 6.41. The molecule has 0 spiro atoms. The Balaban J connectivity index is 1.37. The molecule has 1 aromatic heterocycles. The van der Waals surface area contributed by atoms with Crippen molar-refractivity contribution in [3.63, 3.8) is 0 Å². The number of urea groups is 1. The summed E-state index contributed by atoms with van der Waals surface area (Å²) in [7, 11) is 0. The maximum Gasteiger partial charge on any atom is 0.321 e. The molecule has 0 saturated heterocycles. The molecular weight excluding hydrogens is 423 g/mol. The van der Waals surface area contributed by atoms with Crippen LogP contribution in [0.5, 0.6) is 5.75 Å². The van der Waals surface area contributed by atoms with Gasteiger partial charge in [0.05, 0.1) is 0 Å². The third-order valence-corrected chi connectivity index (χ3v) is 4.83. The molecule has 0 aliphatic carbocycles. The van der Waals surface area contributed by atoms with E-state index in [1.54, 1.807) is 19.1 Å². The van der Waals surface area contributed by atoms with Gasteiger partial charge in [0, 0.05) is 18.7 Å². The van der Waals surface area contributed by atoms with Gasteiger partial charge in [-0.25, -0.2) is 9.18 Å². The summed E-state index contributed by atoms with van der Waals surface area (Å²) in [6, 6.07) is 14.8. The van der Waals surface area contributed by atoms with Crippen molar-refractivity contribution < 1.29 is 23.1 Å². The van der Waals surface area contributed by atoms with E-state index in [4.69, 9.17) is 9.15 Å². The number of amides is 3. The second kappa shape index (κ2) is 11.1. The normalized spacial score (nSPS) is 11.5. The average molecular weight is 444 g/mol. The van der Waals surface area contributed by atoms with Crippen LogP contribution in [-0.2, 0) is 11.3 Å². The first kappa shape index (κ1) is 22.3.